The van der Waals surface area contributed by atoms with Crippen LogP contribution in [0.4, 0.5) is 11.4 Å². The van der Waals surface area contributed by atoms with Crippen LogP contribution in [0.3, 0.4) is 0 Å². The third kappa shape index (κ3) is 3.33. The molecule has 0 unspecified atom stereocenters. The van der Waals surface area contributed by atoms with Crippen molar-refractivity contribution in [2.45, 2.75) is 0 Å². The average Bonchev–Trinajstić information content (AvgIpc) is 2.90. The Bertz CT molecular complexity index is 1560. The first-order chi connectivity index (χ1) is 16.7. The summed E-state index contributed by atoms with van der Waals surface area (Å²) in [6, 6.07) is 37.5. The van der Waals surface area contributed by atoms with Crippen LogP contribution in [0.25, 0.3) is 44.3 Å². The Balaban J connectivity index is 1.47. The van der Waals surface area contributed by atoms with Crippen molar-refractivity contribution in [3.63, 3.8) is 0 Å². The average molecular weight is 441 g/mol. The summed E-state index contributed by atoms with van der Waals surface area (Å²) in [4.78, 5) is 0. The predicted molar refractivity (Wildman–Crippen MR) is 139 cm³/mol. The molecule has 0 aliphatic carbocycles. The van der Waals surface area contributed by atoms with Gasteiger partial charge < -0.3 is 11.5 Å². The topological polar surface area (TPSA) is 59.8 Å². The van der Waals surface area contributed by atoms with Crippen molar-refractivity contribution < 1.29 is 9.13 Å². The van der Waals surface area contributed by atoms with Crippen LogP contribution < -0.4 is 20.6 Å². The van der Waals surface area contributed by atoms with Gasteiger partial charge >= 0.3 is 0 Å². The molecule has 4 N–H and O–H groups in total. The minimum atomic E-state index is 0.781. The zero-order valence-corrected chi connectivity index (χ0v) is 18.6. The van der Waals surface area contributed by atoms with Crippen molar-refractivity contribution in [3.05, 3.63) is 122 Å². The molecule has 0 aliphatic rings. The van der Waals surface area contributed by atoms with Crippen LogP contribution >= 0.6 is 0 Å². The van der Waals surface area contributed by atoms with Gasteiger partial charge in [-0.25, -0.2) is 0 Å². The van der Waals surface area contributed by atoms with Crippen molar-refractivity contribution in [3.8, 4) is 22.5 Å². The number of para-hydroxylation sites is 2. The molecule has 0 saturated carbocycles. The number of nitrogens with two attached hydrogens (primary N) is 2. The molecule has 0 bridgehead atoms. The molecule has 4 aromatic carbocycles. The Kier molecular flexibility index (Phi) is 4.70. The maximum absolute atomic E-state index is 6.22. The fraction of sp³-hybridized carbons (Fsp3) is 0. The molecule has 2 aromatic heterocycles. The van der Waals surface area contributed by atoms with E-state index in [1.165, 1.54) is 0 Å². The fourth-order valence-electron chi connectivity index (χ4n) is 4.63. The van der Waals surface area contributed by atoms with Gasteiger partial charge in [0.2, 0.25) is 22.4 Å². The largest absolute Gasteiger partial charge is 0.398 e. The third-order valence-electron chi connectivity index (χ3n) is 6.34. The Morgan fingerprint density at radius 2 is 0.882 bits per heavy atom. The molecule has 34 heavy (non-hydrogen) atoms. The van der Waals surface area contributed by atoms with Gasteiger partial charge in [0.15, 0.2) is 12.4 Å². The van der Waals surface area contributed by atoms with E-state index >= 15 is 0 Å². The van der Waals surface area contributed by atoms with Crippen LogP contribution in [0.15, 0.2) is 122 Å². The molecule has 2 heterocycles. The molecule has 162 valence electrons. The number of aromatic nitrogens is 2. The number of nitrogen functional groups attached to an aromatic ring is 2. The molecule has 0 aliphatic heterocycles. The minimum Gasteiger partial charge on any atom is -0.398 e. The predicted octanol–water partition coefficient (Wildman–Crippen LogP) is 5.38. The maximum Gasteiger partial charge on any atom is 0.220 e. The summed E-state index contributed by atoms with van der Waals surface area (Å²) in [7, 11) is 0. The first kappa shape index (κ1) is 19.9. The number of pyridine rings is 2. The van der Waals surface area contributed by atoms with E-state index in [-0.39, 0.29) is 0 Å². The number of anilines is 2. The Morgan fingerprint density at radius 3 is 1.35 bits per heavy atom. The summed E-state index contributed by atoms with van der Waals surface area (Å²) in [5.74, 6) is 0. The summed E-state index contributed by atoms with van der Waals surface area (Å²) in [6.07, 6.45) is 4.06. The highest BCUT2D eigenvalue weighted by atomic mass is 15.0. The summed E-state index contributed by atoms with van der Waals surface area (Å²) >= 11 is 0. The van der Waals surface area contributed by atoms with Crippen LogP contribution in [-0.2, 0) is 0 Å². The lowest BCUT2D eigenvalue weighted by molar-refractivity contribution is -0.567. The van der Waals surface area contributed by atoms with E-state index in [9.17, 15) is 0 Å². The second kappa shape index (κ2) is 8.01. The van der Waals surface area contributed by atoms with Crippen molar-refractivity contribution in [2.24, 2.45) is 0 Å². The number of fused-ring (bicyclic) bond motifs is 2. The number of rotatable bonds is 3. The summed E-state index contributed by atoms with van der Waals surface area (Å²) in [5, 5.41) is 2.09. The SMILES string of the molecule is Nc1cc[n+](-c2cccc(-c3cccc(-[n+]4ccc(N)c5ccccc54)c3)c2)c2ccccc12. The summed E-state index contributed by atoms with van der Waals surface area (Å²) in [6.45, 7) is 0. The number of hydrogen-bond acceptors (Lipinski definition) is 2. The van der Waals surface area contributed by atoms with Crippen LogP contribution in [0.2, 0.25) is 0 Å². The highest BCUT2D eigenvalue weighted by Gasteiger charge is 2.17. The van der Waals surface area contributed by atoms with Gasteiger partial charge in [0.1, 0.15) is 0 Å². The van der Waals surface area contributed by atoms with E-state index in [1.54, 1.807) is 0 Å². The quantitative estimate of drug-likeness (QED) is 0.363. The Hall–Kier alpha value is -4.70. The molecular formula is C30H24N4+2. The normalized spacial score (nSPS) is 11.2. The van der Waals surface area contributed by atoms with Crippen LogP contribution in [0.1, 0.15) is 0 Å². The van der Waals surface area contributed by atoms with Gasteiger partial charge in [-0.1, -0.05) is 48.5 Å². The molecule has 6 rings (SSSR count). The van der Waals surface area contributed by atoms with E-state index < -0.39 is 0 Å². The highest BCUT2D eigenvalue weighted by Crippen LogP contribution is 2.25. The minimum absolute atomic E-state index is 0.781. The molecule has 0 radical (unpaired) electrons. The van der Waals surface area contributed by atoms with Crippen molar-refractivity contribution >= 4 is 33.2 Å². The summed E-state index contributed by atoms with van der Waals surface area (Å²) in [5.41, 5.74) is 20.6. The molecule has 4 nitrogen and oxygen atoms in total. The molecular weight excluding hydrogens is 416 g/mol. The van der Waals surface area contributed by atoms with Gasteiger partial charge in [-0.2, -0.15) is 9.13 Å². The van der Waals surface area contributed by atoms with Gasteiger partial charge in [-0.15, -0.1) is 0 Å². The molecule has 0 amide bonds. The standard InChI is InChI=1S/C30H22N4/c31-27-15-17-33(29-13-3-1-11-25(27)29)23-9-5-7-21(19-23)22-8-6-10-24(20-22)34-18-16-28(32)26-12-2-4-14-30(26)34/h1-20,31-32H/p+2. The molecule has 0 atom stereocenters. The highest BCUT2D eigenvalue weighted by molar-refractivity contribution is 5.88. The second-order valence-electron chi connectivity index (χ2n) is 8.42. The summed E-state index contributed by atoms with van der Waals surface area (Å²) < 4.78 is 4.36. The number of benzene rings is 4. The van der Waals surface area contributed by atoms with E-state index in [0.29, 0.717) is 0 Å². The molecule has 6 aromatic rings. The molecule has 4 heteroatoms. The van der Waals surface area contributed by atoms with Crippen molar-refractivity contribution in [1.29, 1.82) is 0 Å². The Labute approximate surface area is 198 Å². The molecule has 0 fully saturated rings. The lowest BCUT2D eigenvalue weighted by atomic mass is 10.0. The van der Waals surface area contributed by atoms with Crippen LogP contribution in [0, 0.1) is 0 Å². The maximum atomic E-state index is 6.22. The van der Waals surface area contributed by atoms with Crippen LogP contribution in [0.5, 0.6) is 0 Å². The first-order valence-electron chi connectivity index (χ1n) is 11.3. The lowest BCUT2D eigenvalue weighted by Crippen LogP contribution is -2.31. The van der Waals surface area contributed by atoms with Gasteiger partial charge in [-0.3, -0.25) is 0 Å². The zero-order valence-electron chi connectivity index (χ0n) is 18.6. The van der Waals surface area contributed by atoms with E-state index in [1.807, 2.05) is 48.8 Å². The van der Waals surface area contributed by atoms with Gasteiger partial charge in [-0.05, 0) is 23.3 Å². The van der Waals surface area contributed by atoms with Gasteiger partial charge in [0, 0.05) is 48.5 Å². The number of nitrogens with zero attached hydrogens (tertiary/aromatic N) is 2. The van der Waals surface area contributed by atoms with Crippen LogP contribution in [-0.4, -0.2) is 0 Å². The van der Waals surface area contributed by atoms with Crippen molar-refractivity contribution in [2.75, 3.05) is 11.5 Å². The zero-order chi connectivity index (χ0) is 23.1. The lowest BCUT2D eigenvalue weighted by Gasteiger charge is -2.07. The third-order valence-corrected chi connectivity index (χ3v) is 6.34. The smallest absolute Gasteiger partial charge is 0.220 e. The van der Waals surface area contributed by atoms with E-state index in [4.69, 9.17) is 11.5 Å². The van der Waals surface area contributed by atoms with Crippen molar-refractivity contribution in [1.82, 2.24) is 0 Å². The Morgan fingerprint density at radius 1 is 0.441 bits per heavy atom. The van der Waals surface area contributed by atoms with E-state index in [2.05, 4.69) is 81.9 Å². The fourth-order valence-corrected chi connectivity index (χ4v) is 4.63. The monoisotopic (exact) mass is 440 g/mol. The first-order valence-corrected chi connectivity index (χ1v) is 11.3. The second-order valence-corrected chi connectivity index (χ2v) is 8.42. The van der Waals surface area contributed by atoms with Gasteiger partial charge in [0.05, 0.1) is 22.1 Å². The molecule has 0 spiro atoms. The van der Waals surface area contributed by atoms with Gasteiger partial charge in [0.25, 0.3) is 0 Å². The van der Waals surface area contributed by atoms with E-state index in [0.717, 1.165) is 55.7 Å². The molecule has 0 saturated heterocycles. The number of hydrogen-bond donors (Lipinski definition) is 2.